The van der Waals surface area contributed by atoms with Crippen molar-refractivity contribution in [2.45, 2.75) is 58.5 Å². The van der Waals surface area contributed by atoms with Gasteiger partial charge >= 0.3 is 5.97 Å². The van der Waals surface area contributed by atoms with Gasteiger partial charge < -0.3 is 14.6 Å². The van der Waals surface area contributed by atoms with Gasteiger partial charge in [0.25, 0.3) is 0 Å². The van der Waals surface area contributed by atoms with Crippen LogP contribution in [0.5, 0.6) is 0 Å². The maximum absolute atomic E-state index is 13.3. The van der Waals surface area contributed by atoms with E-state index in [0.717, 1.165) is 24.0 Å². The fraction of sp³-hybridized carbons (Fsp3) is 0.727. The number of ether oxygens (including phenoxy) is 2. The number of allylic oxidation sites excluding steroid dienone is 3. The molecule has 0 unspecified atom stereocenters. The van der Waals surface area contributed by atoms with Crippen molar-refractivity contribution in [3.63, 3.8) is 0 Å². The number of carbonyl (C=O) groups excluding carboxylic acids is 2. The Bertz CT molecular complexity index is 703. The molecule has 5 nitrogen and oxygen atoms in total. The summed E-state index contributed by atoms with van der Waals surface area (Å²) >= 11 is 0. The quantitative estimate of drug-likeness (QED) is 0.463. The van der Waals surface area contributed by atoms with E-state index in [2.05, 4.69) is 26.8 Å². The van der Waals surface area contributed by atoms with E-state index in [1.54, 1.807) is 7.11 Å². The highest BCUT2D eigenvalue weighted by Gasteiger charge is 2.53. The van der Waals surface area contributed by atoms with Crippen LogP contribution in [0.4, 0.5) is 0 Å². The second-order valence-corrected chi connectivity index (χ2v) is 8.93. The van der Waals surface area contributed by atoms with Gasteiger partial charge in [-0.2, -0.15) is 0 Å². The molecule has 0 spiro atoms. The molecule has 0 bridgehead atoms. The Labute approximate surface area is 161 Å². The molecule has 0 heterocycles. The Morgan fingerprint density at radius 1 is 1.33 bits per heavy atom. The largest absolute Gasteiger partial charge is 0.468 e. The number of methoxy groups -OCH3 is 2. The normalized spacial score (nSPS) is 38.2. The van der Waals surface area contributed by atoms with Crippen LogP contribution < -0.4 is 0 Å². The maximum atomic E-state index is 13.3. The molecule has 0 amide bonds. The third kappa shape index (κ3) is 3.29. The summed E-state index contributed by atoms with van der Waals surface area (Å²) in [6.45, 7) is 6.65. The average Bonchev–Trinajstić information content (AvgIpc) is 3.06. The standard InChI is InChI=1S/C22H32O5/c1-13(2)14-6-8-21(3)11-17-15(7-9-22(17,25)12-26-4)19(20(24)27-5)18(23)10-16(14)21/h11,13,15,19,25H,6-10,12H2,1-5H3/b17-11+/t15-,19+,21-,22+/m1/s1. The monoisotopic (exact) mass is 376 g/mol. The summed E-state index contributed by atoms with van der Waals surface area (Å²) in [6, 6.07) is 0. The highest BCUT2D eigenvalue weighted by Crippen LogP contribution is 2.55. The van der Waals surface area contributed by atoms with E-state index in [4.69, 9.17) is 9.47 Å². The second kappa shape index (κ2) is 7.17. The lowest BCUT2D eigenvalue weighted by molar-refractivity contribution is -0.151. The maximum Gasteiger partial charge on any atom is 0.316 e. The van der Waals surface area contributed by atoms with Crippen LogP contribution in [0.1, 0.15) is 52.9 Å². The molecule has 0 saturated heterocycles. The van der Waals surface area contributed by atoms with Crippen LogP contribution in [0, 0.1) is 23.2 Å². The van der Waals surface area contributed by atoms with Gasteiger partial charge in [-0.3, -0.25) is 9.59 Å². The number of rotatable bonds is 4. The van der Waals surface area contributed by atoms with E-state index in [9.17, 15) is 14.7 Å². The van der Waals surface area contributed by atoms with Crippen LogP contribution >= 0.6 is 0 Å². The lowest BCUT2D eigenvalue weighted by Gasteiger charge is -2.36. The summed E-state index contributed by atoms with van der Waals surface area (Å²) in [5, 5.41) is 11.3. The van der Waals surface area contributed by atoms with Gasteiger partial charge in [0.15, 0.2) is 5.78 Å². The van der Waals surface area contributed by atoms with E-state index in [1.807, 2.05) is 0 Å². The highest BCUT2D eigenvalue weighted by atomic mass is 16.5. The van der Waals surface area contributed by atoms with Crippen molar-refractivity contribution < 1.29 is 24.2 Å². The molecule has 0 aromatic carbocycles. The van der Waals surface area contributed by atoms with Crippen molar-refractivity contribution in [1.82, 2.24) is 0 Å². The number of hydrogen-bond acceptors (Lipinski definition) is 5. The number of aliphatic hydroxyl groups is 1. The summed E-state index contributed by atoms with van der Waals surface area (Å²) in [4.78, 5) is 25.8. The predicted molar refractivity (Wildman–Crippen MR) is 102 cm³/mol. The minimum absolute atomic E-state index is 0.0830. The van der Waals surface area contributed by atoms with Gasteiger partial charge in [-0.05, 0) is 37.2 Å². The first-order chi connectivity index (χ1) is 12.7. The van der Waals surface area contributed by atoms with Gasteiger partial charge in [-0.1, -0.05) is 38.0 Å². The van der Waals surface area contributed by atoms with E-state index in [1.165, 1.54) is 12.7 Å². The smallest absolute Gasteiger partial charge is 0.316 e. The minimum Gasteiger partial charge on any atom is -0.468 e. The molecule has 1 fully saturated rings. The Morgan fingerprint density at radius 3 is 2.63 bits per heavy atom. The van der Waals surface area contributed by atoms with Crippen LogP contribution in [0.2, 0.25) is 0 Å². The van der Waals surface area contributed by atoms with Gasteiger partial charge in [-0.15, -0.1) is 0 Å². The fourth-order valence-electron chi connectivity index (χ4n) is 5.47. The third-order valence-corrected chi connectivity index (χ3v) is 6.91. The van der Waals surface area contributed by atoms with Crippen molar-refractivity contribution in [2.24, 2.45) is 23.2 Å². The van der Waals surface area contributed by atoms with Gasteiger partial charge in [-0.25, -0.2) is 0 Å². The average molecular weight is 376 g/mol. The Hall–Kier alpha value is -1.46. The molecule has 5 heteroatoms. The van der Waals surface area contributed by atoms with Gasteiger partial charge in [0, 0.05) is 24.9 Å². The number of hydrogen-bond donors (Lipinski definition) is 1. The summed E-state index contributed by atoms with van der Waals surface area (Å²) in [5.41, 5.74) is 1.86. The molecule has 150 valence electrons. The van der Waals surface area contributed by atoms with E-state index in [0.29, 0.717) is 25.2 Å². The van der Waals surface area contributed by atoms with E-state index in [-0.39, 0.29) is 23.7 Å². The number of Topliss-reactive ketones (excluding diaryl/α,β-unsaturated/α-hetero) is 1. The van der Waals surface area contributed by atoms with Crippen LogP contribution in [0.25, 0.3) is 0 Å². The van der Waals surface area contributed by atoms with Crippen LogP contribution in [-0.2, 0) is 19.1 Å². The number of esters is 1. The van der Waals surface area contributed by atoms with Gasteiger partial charge in [0.05, 0.1) is 13.7 Å². The lowest BCUT2D eigenvalue weighted by Crippen LogP contribution is -2.40. The number of carbonyl (C=O) groups is 2. The molecule has 0 radical (unpaired) electrons. The first-order valence-electron chi connectivity index (χ1n) is 9.94. The lowest BCUT2D eigenvalue weighted by atomic mass is 9.69. The van der Waals surface area contributed by atoms with E-state index < -0.39 is 17.5 Å². The zero-order valence-corrected chi connectivity index (χ0v) is 17.1. The first kappa shape index (κ1) is 20.3. The van der Waals surface area contributed by atoms with Crippen molar-refractivity contribution in [1.29, 1.82) is 0 Å². The Kier molecular flexibility index (Phi) is 5.39. The molecule has 0 aliphatic heterocycles. The Balaban J connectivity index is 2.19. The second-order valence-electron chi connectivity index (χ2n) is 8.93. The van der Waals surface area contributed by atoms with Crippen molar-refractivity contribution >= 4 is 11.8 Å². The minimum atomic E-state index is -1.13. The molecule has 3 aliphatic carbocycles. The first-order valence-corrected chi connectivity index (χ1v) is 9.94. The van der Waals surface area contributed by atoms with Crippen LogP contribution in [0.3, 0.4) is 0 Å². The summed E-state index contributed by atoms with van der Waals surface area (Å²) in [6.07, 6.45) is 5.43. The topological polar surface area (TPSA) is 72.8 Å². The highest BCUT2D eigenvalue weighted by molar-refractivity contribution is 6.01. The summed E-state index contributed by atoms with van der Waals surface area (Å²) in [5.74, 6) is -1.38. The predicted octanol–water partition coefficient (Wildman–Crippen LogP) is 3.22. The van der Waals surface area contributed by atoms with Crippen LogP contribution in [0.15, 0.2) is 22.8 Å². The summed E-state index contributed by atoms with van der Waals surface area (Å²) in [7, 11) is 2.89. The van der Waals surface area contributed by atoms with Crippen LogP contribution in [-0.4, -0.2) is 43.3 Å². The molecule has 0 aromatic heterocycles. The zero-order valence-electron chi connectivity index (χ0n) is 17.1. The van der Waals surface area contributed by atoms with Crippen molar-refractivity contribution in [3.05, 3.63) is 22.8 Å². The van der Waals surface area contributed by atoms with Gasteiger partial charge in [0.2, 0.25) is 0 Å². The molecule has 4 atom stereocenters. The fourth-order valence-corrected chi connectivity index (χ4v) is 5.47. The number of ketones is 1. The Morgan fingerprint density at radius 2 is 2.04 bits per heavy atom. The molecule has 1 saturated carbocycles. The van der Waals surface area contributed by atoms with Crippen molar-refractivity contribution in [2.75, 3.05) is 20.8 Å². The molecule has 1 N–H and O–H groups in total. The molecule has 0 aromatic rings. The zero-order chi connectivity index (χ0) is 20.0. The van der Waals surface area contributed by atoms with Gasteiger partial charge in [0.1, 0.15) is 11.5 Å². The third-order valence-electron chi connectivity index (χ3n) is 6.91. The molecule has 3 aliphatic rings. The van der Waals surface area contributed by atoms with Crippen molar-refractivity contribution in [3.8, 4) is 0 Å². The van der Waals surface area contributed by atoms with E-state index >= 15 is 0 Å². The molecular formula is C22H32O5. The summed E-state index contributed by atoms with van der Waals surface area (Å²) < 4.78 is 10.3. The SMILES string of the molecule is COC[C@@]1(O)CC[C@@H]2/C1=C\[C@@]1(C)CCC(C(C)C)=C1CC(=O)[C@H]2C(=O)OC. The molecule has 27 heavy (non-hydrogen) atoms. The molecular weight excluding hydrogens is 344 g/mol. The number of fused-ring (bicyclic) bond motifs is 2. The molecule has 3 rings (SSSR count).